The minimum atomic E-state index is -0.498. The van der Waals surface area contributed by atoms with Crippen molar-refractivity contribution in [3.05, 3.63) is 64.9 Å². The number of hydrogen-bond donors (Lipinski definition) is 1. The van der Waals surface area contributed by atoms with Gasteiger partial charge in [-0.2, -0.15) is 0 Å². The normalized spacial score (nSPS) is 15.7. The van der Waals surface area contributed by atoms with Gasteiger partial charge in [0.05, 0.1) is 10.6 Å². The molecule has 2 heterocycles. The van der Waals surface area contributed by atoms with Crippen LogP contribution in [0.3, 0.4) is 0 Å². The fraction of sp³-hybridized carbons (Fsp3) is 0.381. The maximum absolute atomic E-state index is 12.6. The Kier molecular flexibility index (Phi) is 9.86. The second-order valence-corrected chi connectivity index (χ2v) is 7.29. The number of amidine groups is 1. The van der Waals surface area contributed by atoms with E-state index in [1.807, 2.05) is 0 Å². The largest absolute Gasteiger partial charge is 0.454 e. The number of ether oxygens (including phenoxy) is 1. The number of esters is 1. The average Bonchev–Trinajstić information content (AvgIpc) is 2.75. The molecule has 1 unspecified atom stereocenters. The summed E-state index contributed by atoms with van der Waals surface area (Å²) in [5.74, 6) is -0.266. The number of nitrogens with zero attached hydrogens (tertiary/aromatic N) is 3. The smallest absolute Gasteiger partial charge is 0.340 e. The van der Waals surface area contributed by atoms with Gasteiger partial charge in [0.15, 0.2) is 18.5 Å². The number of piperidine rings is 1. The Morgan fingerprint density at radius 1 is 1.20 bits per heavy atom. The third kappa shape index (κ3) is 7.16. The molecule has 1 fully saturated rings. The van der Waals surface area contributed by atoms with Gasteiger partial charge in [-0.05, 0) is 50.2 Å². The van der Waals surface area contributed by atoms with Crippen LogP contribution in [0.25, 0.3) is 0 Å². The summed E-state index contributed by atoms with van der Waals surface area (Å²) in [7, 11) is 0. The number of carbonyl (C=O) groups is 1. The van der Waals surface area contributed by atoms with Gasteiger partial charge in [0.2, 0.25) is 0 Å². The predicted octanol–water partition coefficient (Wildman–Crippen LogP) is 3.51. The Balaban J connectivity index is 0.00000320. The zero-order valence-electron chi connectivity index (χ0n) is 16.6. The van der Waals surface area contributed by atoms with Crippen molar-refractivity contribution in [2.75, 3.05) is 26.2 Å². The van der Waals surface area contributed by atoms with Crippen LogP contribution in [0.4, 0.5) is 0 Å². The topological polar surface area (TPSA) is 90.0 Å². The lowest BCUT2D eigenvalue weighted by Crippen LogP contribution is -2.40. The highest BCUT2D eigenvalue weighted by Crippen LogP contribution is 2.18. The van der Waals surface area contributed by atoms with E-state index in [0.717, 1.165) is 25.9 Å². The van der Waals surface area contributed by atoms with Crippen LogP contribution in [0.2, 0.25) is 5.02 Å². The lowest BCUT2D eigenvalue weighted by atomic mass is 10.1. The van der Waals surface area contributed by atoms with Crippen molar-refractivity contribution >= 4 is 35.8 Å². The van der Waals surface area contributed by atoms with E-state index >= 15 is 0 Å². The van der Waals surface area contributed by atoms with Crippen LogP contribution >= 0.6 is 24.0 Å². The van der Waals surface area contributed by atoms with Crippen LogP contribution in [0, 0.1) is 0 Å². The maximum Gasteiger partial charge on any atom is 0.340 e. The molecule has 1 saturated heterocycles. The number of oxime groups is 1. The van der Waals surface area contributed by atoms with E-state index in [0.29, 0.717) is 22.7 Å². The summed E-state index contributed by atoms with van der Waals surface area (Å²) in [5.41, 5.74) is 6.92. The van der Waals surface area contributed by atoms with Gasteiger partial charge in [-0.15, -0.1) is 12.4 Å². The number of pyridine rings is 1. The molecule has 1 aromatic heterocycles. The fourth-order valence-electron chi connectivity index (χ4n) is 3.15. The highest BCUT2D eigenvalue weighted by molar-refractivity contribution is 6.33. The van der Waals surface area contributed by atoms with E-state index in [1.54, 1.807) is 48.8 Å². The first-order valence-electron chi connectivity index (χ1n) is 9.67. The van der Waals surface area contributed by atoms with E-state index in [4.69, 9.17) is 26.9 Å². The second kappa shape index (κ2) is 12.4. The second-order valence-electron chi connectivity index (χ2n) is 6.88. The number of rotatable bonds is 8. The summed E-state index contributed by atoms with van der Waals surface area (Å²) in [6.07, 6.45) is 6.26. The minimum Gasteiger partial charge on any atom is -0.454 e. The van der Waals surface area contributed by atoms with Crippen molar-refractivity contribution in [2.45, 2.75) is 25.4 Å². The van der Waals surface area contributed by atoms with E-state index < -0.39 is 12.1 Å². The van der Waals surface area contributed by atoms with Gasteiger partial charge in [0.1, 0.15) is 0 Å². The number of likely N-dealkylation sites (tertiary alicyclic amines) is 1. The number of hydrogen-bond acceptors (Lipinski definition) is 6. The van der Waals surface area contributed by atoms with Gasteiger partial charge in [-0.1, -0.05) is 35.3 Å². The molecule has 0 amide bonds. The minimum absolute atomic E-state index is 0. The van der Waals surface area contributed by atoms with E-state index in [2.05, 4.69) is 15.0 Å². The van der Waals surface area contributed by atoms with E-state index in [9.17, 15) is 4.79 Å². The lowest BCUT2D eigenvalue weighted by Gasteiger charge is -2.29. The first-order chi connectivity index (χ1) is 14.1. The Morgan fingerprint density at radius 2 is 1.97 bits per heavy atom. The number of carbonyl (C=O) groups excluding carboxylic acids is 1. The van der Waals surface area contributed by atoms with Crippen LogP contribution < -0.4 is 5.73 Å². The SMILES string of the molecule is Cl.N/C(=N\OCC(CN1CCCCC1)OC(=O)c1ccccc1Cl)c1cccnc1. The Labute approximate surface area is 187 Å². The van der Waals surface area contributed by atoms with E-state index in [-0.39, 0.29) is 24.8 Å². The summed E-state index contributed by atoms with van der Waals surface area (Å²) in [6.45, 7) is 2.61. The zero-order chi connectivity index (χ0) is 20.5. The van der Waals surface area contributed by atoms with Crippen molar-refractivity contribution in [2.24, 2.45) is 10.9 Å². The highest BCUT2D eigenvalue weighted by Gasteiger charge is 2.22. The summed E-state index contributed by atoms with van der Waals surface area (Å²) in [5, 5.41) is 4.30. The average molecular weight is 453 g/mol. The molecule has 2 N–H and O–H groups in total. The third-order valence-corrected chi connectivity index (χ3v) is 4.99. The van der Waals surface area contributed by atoms with Crippen molar-refractivity contribution in [1.82, 2.24) is 9.88 Å². The standard InChI is InChI=1S/C21H25ClN4O3.ClH/c22-19-9-3-2-8-18(19)21(27)29-17(14-26-11-4-1-5-12-26)15-28-25-20(23)16-7-6-10-24-13-16;/h2-3,6-10,13,17H,1,4-5,11-12,14-15H2,(H2,23,25);1H. The first-order valence-corrected chi connectivity index (χ1v) is 10.0. The molecule has 1 aromatic carbocycles. The van der Waals surface area contributed by atoms with E-state index in [1.165, 1.54) is 6.42 Å². The fourth-order valence-corrected chi connectivity index (χ4v) is 3.37. The maximum atomic E-state index is 12.6. The Bertz CT molecular complexity index is 830. The van der Waals surface area contributed by atoms with Crippen LogP contribution in [0.5, 0.6) is 0 Å². The molecule has 9 heteroatoms. The quantitative estimate of drug-likeness (QED) is 0.285. The number of nitrogens with two attached hydrogens (primary N) is 1. The molecule has 3 rings (SSSR count). The van der Waals surface area contributed by atoms with Gasteiger partial charge in [0.25, 0.3) is 0 Å². The Morgan fingerprint density at radius 3 is 2.67 bits per heavy atom. The summed E-state index contributed by atoms with van der Waals surface area (Å²) >= 11 is 6.12. The van der Waals surface area contributed by atoms with Crippen LogP contribution in [-0.4, -0.2) is 54.0 Å². The molecular formula is C21H26Cl2N4O3. The molecule has 1 aliphatic heterocycles. The van der Waals surface area contributed by atoms with Crippen molar-refractivity contribution in [3.63, 3.8) is 0 Å². The molecule has 30 heavy (non-hydrogen) atoms. The third-order valence-electron chi connectivity index (χ3n) is 4.66. The first kappa shape index (κ1) is 23.9. The van der Waals surface area contributed by atoms with Crippen molar-refractivity contribution < 1.29 is 14.4 Å². The van der Waals surface area contributed by atoms with Gasteiger partial charge >= 0.3 is 5.97 Å². The van der Waals surface area contributed by atoms with Gasteiger partial charge in [-0.25, -0.2) is 4.79 Å². The number of aromatic nitrogens is 1. The highest BCUT2D eigenvalue weighted by atomic mass is 35.5. The summed E-state index contributed by atoms with van der Waals surface area (Å²) < 4.78 is 5.70. The van der Waals surface area contributed by atoms with Crippen molar-refractivity contribution in [3.8, 4) is 0 Å². The van der Waals surface area contributed by atoms with Gasteiger partial charge in [0, 0.05) is 24.5 Å². The molecule has 162 valence electrons. The zero-order valence-corrected chi connectivity index (χ0v) is 18.1. The molecule has 7 nitrogen and oxygen atoms in total. The van der Waals surface area contributed by atoms with Gasteiger partial charge < -0.3 is 15.3 Å². The molecule has 1 aliphatic rings. The van der Waals surface area contributed by atoms with Crippen LogP contribution in [-0.2, 0) is 9.57 Å². The molecule has 2 aromatic rings. The van der Waals surface area contributed by atoms with Crippen LogP contribution in [0.1, 0.15) is 35.2 Å². The molecule has 1 atom stereocenters. The summed E-state index contributed by atoms with van der Waals surface area (Å²) in [6, 6.07) is 10.4. The molecule has 0 spiro atoms. The van der Waals surface area contributed by atoms with Gasteiger partial charge in [-0.3, -0.25) is 9.88 Å². The number of halogens is 2. The molecular weight excluding hydrogens is 427 g/mol. The predicted molar refractivity (Wildman–Crippen MR) is 119 cm³/mol. The molecule has 0 saturated carbocycles. The molecule has 0 bridgehead atoms. The van der Waals surface area contributed by atoms with Crippen molar-refractivity contribution in [1.29, 1.82) is 0 Å². The monoisotopic (exact) mass is 452 g/mol. The number of benzene rings is 1. The van der Waals surface area contributed by atoms with Crippen LogP contribution in [0.15, 0.2) is 53.9 Å². The summed E-state index contributed by atoms with van der Waals surface area (Å²) in [4.78, 5) is 24.3. The Hall–Kier alpha value is -2.35. The lowest BCUT2D eigenvalue weighted by molar-refractivity contribution is -0.0170. The molecule has 0 aliphatic carbocycles. The molecule has 0 radical (unpaired) electrons.